The minimum absolute atomic E-state index is 0.132. The third kappa shape index (κ3) is 3.03. The lowest BCUT2D eigenvalue weighted by Crippen LogP contribution is -2.44. The average Bonchev–Trinajstić information content (AvgIpc) is 3.28. The van der Waals surface area contributed by atoms with Crippen LogP contribution in [-0.2, 0) is 11.3 Å². The lowest BCUT2D eigenvalue weighted by atomic mass is 9.96. The van der Waals surface area contributed by atoms with Crippen LogP contribution >= 0.6 is 0 Å². The van der Waals surface area contributed by atoms with Crippen LogP contribution in [0.2, 0.25) is 0 Å². The Morgan fingerprint density at radius 1 is 1.11 bits per heavy atom. The molecule has 2 aromatic carbocycles. The fourth-order valence-corrected chi connectivity index (χ4v) is 4.12. The van der Waals surface area contributed by atoms with Gasteiger partial charge in [-0.15, -0.1) is 0 Å². The summed E-state index contributed by atoms with van der Waals surface area (Å²) in [5, 5.41) is 11.9. The largest absolute Gasteiger partial charge is 0.325 e. The molecule has 0 unspecified atom stereocenters. The van der Waals surface area contributed by atoms with Gasteiger partial charge < -0.3 is 5.32 Å². The van der Waals surface area contributed by atoms with E-state index in [-0.39, 0.29) is 18.5 Å². The third-order valence-electron chi connectivity index (χ3n) is 5.56. The number of rotatable bonds is 4. The predicted molar refractivity (Wildman–Crippen MR) is 101 cm³/mol. The minimum atomic E-state index is -0.740. The molecule has 1 aliphatic carbocycles. The van der Waals surface area contributed by atoms with E-state index >= 15 is 0 Å². The number of hydrogen-bond acceptors (Lipinski definition) is 4. The van der Waals surface area contributed by atoms with Crippen molar-refractivity contribution < 1.29 is 19.6 Å². The molecular formula is C21H21N3O4. The first-order valence-electron chi connectivity index (χ1n) is 9.31. The number of nitrogens with one attached hydrogen (secondary N) is 2. The highest BCUT2D eigenvalue weighted by Gasteiger charge is 2.52. The van der Waals surface area contributed by atoms with Gasteiger partial charge in [0.25, 0.3) is 11.8 Å². The number of hydroxylamine groups is 1. The van der Waals surface area contributed by atoms with Crippen LogP contribution in [0.15, 0.2) is 48.5 Å². The van der Waals surface area contributed by atoms with Crippen LogP contribution in [0, 0.1) is 0 Å². The lowest BCUT2D eigenvalue weighted by molar-refractivity contribution is -0.131. The molecule has 0 aromatic heterocycles. The van der Waals surface area contributed by atoms with Crippen molar-refractivity contribution in [3.8, 4) is 11.1 Å². The van der Waals surface area contributed by atoms with Gasteiger partial charge in [-0.3, -0.25) is 19.7 Å². The first-order chi connectivity index (χ1) is 13.5. The summed E-state index contributed by atoms with van der Waals surface area (Å²) in [6.07, 6.45) is 3.23. The van der Waals surface area contributed by atoms with Gasteiger partial charge in [0, 0.05) is 5.56 Å². The molecular weight excluding hydrogens is 358 g/mol. The Hall–Kier alpha value is -3.19. The molecule has 7 nitrogen and oxygen atoms in total. The standard InChI is InChI=1S/C21H21N3O4/c25-18(23-28)16-9-8-14(12-17(16)15-6-2-1-3-7-15)13-24-19(26)21(22-20(24)27)10-4-5-11-21/h1-3,6-9,12,28H,4-5,10-11,13H2,(H,22,27)(H,23,25). The Balaban J connectivity index is 1.67. The molecule has 1 heterocycles. The molecule has 2 fully saturated rings. The SMILES string of the molecule is O=C(NO)c1ccc(CN2C(=O)NC3(CCCC3)C2=O)cc1-c1ccccc1. The molecule has 28 heavy (non-hydrogen) atoms. The summed E-state index contributed by atoms with van der Waals surface area (Å²) in [4.78, 5) is 38.6. The zero-order valence-corrected chi connectivity index (χ0v) is 15.3. The van der Waals surface area contributed by atoms with Gasteiger partial charge in [0.05, 0.1) is 6.54 Å². The predicted octanol–water partition coefficient (Wildman–Crippen LogP) is 2.84. The molecule has 1 saturated heterocycles. The van der Waals surface area contributed by atoms with E-state index in [1.54, 1.807) is 23.7 Å². The zero-order chi connectivity index (χ0) is 19.7. The minimum Gasteiger partial charge on any atom is -0.323 e. The highest BCUT2D eigenvalue weighted by atomic mass is 16.5. The van der Waals surface area contributed by atoms with Crippen molar-refractivity contribution in [3.05, 3.63) is 59.7 Å². The molecule has 3 N–H and O–H groups in total. The first kappa shape index (κ1) is 18.2. The molecule has 144 valence electrons. The molecule has 7 heteroatoms. The second-order valence-corrected chi connectivity index (χ2v) is 7.30. The maximum absolute atomic E-state index is 12.9. The molecule has 0 radical (unpaired) electrons. The monoisotopic (exact) mass is 379 g/mol. The van der Waals surface area contributed by atoms with Gasteiger partial charge in [-0.25, -0.2) is 10.3 Å². The summed E-state index contributed by atoms with van der Waals surface area (Å²) in [6.45, 7) is 0.132. The number of carbonyl (C=O) groups excluding carboxylic acids is 3. The number of hydrogen-bond donors (Lipinski definition) is 3. The topological polar surface area (TPSA) is 98.7 Å². The summed E-state index contributed by atoms with van der Waals surface area (Å²) in [5.41, 5.74) is 3.38. The number of carbonyl (C=O) groups is 3. The molecule has 1 saturated carbocycles. The normalized spacial score (nSPS) is 17.8. The maximum Gasteiger partial charge on any atom is 0.325 e. The molecule has 2 aromatic rings. The number of urea groups is 1. The van der Waals surface area contributed by atoms with E-state index in [2.05, 4.69) is 5.32 Å². The zero-order valence-electron chi connectivity index (χ0n) is 15.3. The van der Waals surface area contributed by atoms with Crippen molar-refractivity contribution >= 4 is 17.8 Å². The van der Waals surface area contributed by atoms with Crippen LogP contribution in [0.3, 0.4) is 0 Å². The van der Waals surface area contributed by atoms with Gasteiger partial charge in [0.2, 0.25) is 0 Å². The Labute approximate surface area is 162 Å². The van der Waals surface area contributed by atoms with E-state index in [0.717, 1.165) is 24.0 Å². The van der Waals surface area contributed by atoms with Crippen molar-refractivity contribution in [1.29, 1.82) is 0 Å². The van der Waals surface area contributed by atoms with E-state index < -0.39 is 11.4 Å². The van der Waals surface area contributed by atoms with Gasteiger partial charge in [-0.05, 0) is 41.7 Å². The van der Waals surface area contributed by atoms with Crippen molar-refractivity contribution in [2.75, 3.05) is 0 Å². The summed E-state index contributed by atoms with van der Waals surface area (Å²) in [6, 6.07) is 14.0. The molecule has 0 atom stereocenters. The Morgan fingerprint density at radius 2 is 1.82 bits per heavy atom. The van der Waals surface area contributed by atoms with Gasteiger partial charge in [-0.2, -0.15) is 0 Å². The van der Waals surface area contributed by atoms with Gasteiger partial charge >= 0.3 is 6.03 Å². The van der Waals surface area contributed by atoms with E-state index in [1.807, 2.05) is 30.3 Å². The van der Waals surface area contributed by atoms with Crippen LogP contribution in [0.25, 0.3) is 11.1 Å². The first-order valence-corrected chi connectivity index (χ1v) is 9.31. The maximum atomic E-state index is 12.9. The lowest BCUT2D eigenvalue weighted by Gasteiger charge is -2.20. The molecule has 1 spiro atoms. The molecule has 2 aliphatic rings. The Morgan fingerprint density at radius 3 is 2.50 bits per heavy atom. The molecule has 4 amide bonds. The van der Waals surface area contributed by atoms with E-state index in [9.17, 15) is 14.4 Å². The highest BCUT2D eigenvalue weighted by molar-refractivity contribution is 6.07. The van der Waals surface area contributed by atoms with Crippen LogP contribution in [0.5, 0.6) is 0 Å². The summed E-state index contributed by atoms with van der Waals surface area (Å²) >= 11 is 0. The Bertz CT molecular complexity index is 936. The quantitative estimate of drug-likeness (QED) is 0.432. The Kier molecular flexibility index (Phi) is 4.60. The van der Waals surface area contributed by atoms with Gasteiger partial charge in [-0.1, -0.05) is 49.2 Å². The fourth-order valence-electron chi connectivity index (χ4n) is 4.12. The number of benzene rings is 2. The van der Waals surface area contributed by atoms with Crippen LogP contribution in [0.1, 0.15) is 41.6 Å². The summed E-state index contributed by atoms with van der Waals surface area (Å²) in [7, 11) is 0. The van der Waals surface area contributed by atoms with Crippen molar-refractivity contribution in [3.63, 3.8) is 0 Å². The van der Waals surface area contributed by atoms with E-state index in [1.165, 1.54) is 4.90 Å². The molecule has 4 rings (SSSR count). The van der Waals surface area contributed by atoms with Crippen molar-refractivity contribution in [2.45, 2.75) is 37.8 Å². The van der Waals surface area contributed by atoms with Crippen molar-refractivity contribution in [1.82, 2.24) is 15.7 Å². The number of imide groups is 1. The van der Waals surface area contributed by atoms with E-state index in [4.69, 9.17) is 5.21 Å². The number of amides is 4. The van der Waals surface area contributed by atoms with Crippen LogP contribution in [0.4, 0.5) is 4.79 Å². The van der Waals surface area contributed by atoms with Crippen LogP contribution < -0.4 is 10.8 Å². The van der Waals surface area contributed by atoms with Gasteiger partial charge in [0.1, 0.15) is 5.54 Å². The van der Waals surface area contributed by atoms with Gasteiger partial charge in [0.15, 0.2) is 0 Å². The summed E-state index contributed by atoms with van der Waals surface area (Å²) < 4.78 is 0. The fraction of sp³-hybridized carbons (Fsp3) is 0.286. The van der Waals surface area contributed by atoms with E-state index in [0.29, 0.717) is 24.0 Å². The average molecular weight is 379 g/mol. The van der Waals surface area contributed by atoms with Crippen molar-refractivity contribution in [2.24, 2.45) is 0 Å². The second-order valence-electron chi connectivity index (χ2n) is 7.30. The third-order valence-corrected chi connectivity index (χ3v) is 5.56. The molecule has 1 aliphatic heterocycles. The summed E-state index contributed by atoms with van der Waals surface area (Å²) in [5.74, 6) is -0.793. The number of nitrogens with zero attached hydrogens (tertiary/aromatic N) is 1. The smallest absolute Gasteiger partial charge is 0.323 e. The molecule has 0 bridgehead atoms. The highest BCUT2D eigenvalue weighted by Crippen LogP contribution is 2.36. The second kappa shape index (κ2) is 7.09. The van der Waals surface area contributed by atoms with Crippen LogP contribution in [-0.4, -0.2) is 33.5 Å².